The standard InChI is InChI=1S/C12H14ClF2P.C7H5F3N2O/c1-7-2-4-9(7)10-5-3-8(6-11(10)13)12(14,15)16;1-4(13)5-6(7(8,9)10)12-3-2-11-5/h3,5-7,9H,2,4,16H2,1H3;2-3H,1H3/t7-,9+;/m1./s1. The second kappa shape index (κ2) is 9.00. The van der Waals surface area contributed by atoms with Crippen molar-refractivity contribution in [2.24, 2.45) is 5.92 Å². The van der Waals surface area contributed by atoms with E-state index in [0.717, 1.165) is 31.3 Å². The molecule has 1 heterocycles. The summed E-state index contributed by atoms with van der Waals surface area (Å²) in [6.07, 6.45) is -0.378. The van der Waals surface area contributed by atoms with Crippen LogP contribution in [0.4, 0.5) is 22.0 Å². The molecule has 2 aromatic rings. The van der Waals surface area contributed by atoms with Gasteiger partial charge in [-0.2, -0.15) is 22.0 Å². The smallest absolute Gasteiger partial charge is 0.293 e. The first kappa shape index (κ1) is 23.6. The summed E-state index contributed by atoms with van der Waals surface area (Å²) < 4.78 is 62.6. The van der Waals surface area contributed by atoms with E-state index in [4.69, 9.17) is 11.6 Å². The number of nitrogens with zero attached hydrogens (tertiary/aromatic N) is 2. The second-order valence-electron chi connectivity index (χ2n) is 6.83. The molecule has 0 aliphatic heterocycles. The summed E-state index contributed by atoms with van der Waals surface area (Å²) in [5, 5.41) is 0.469. The molecule has 3 rings (SSSR count). The molecule has 1 fully saturated rings. The van der Waals surface area contributed by atoms with Crippen molar-refractivity contribution >= 4 is 26.6 Å². The summed E-state index contributed by atoms with van der Waals surface area (Å²) in [5.41, 5.74) is -3.80. The minimum atomic E-state index is -4.63. The van der Waals surface area contributed by atoms with Crippen LogP contribution >= 0.6 is 20.8 Å². The van der Waals surface area contributed by atoms with Gasteiger partial charge >= 0.3 is 6.18 Å². The van der Waals surface area contributed by atoms with Gasteiger partial charge < -0.3 is 0 Å². The highest BCUT2D eigenvalue weighted by atomic mass is 35.5. The van der Waals surface area contributed by atoms with Crippen molar-refractivity contribution in [2.75, 3.05) is 0 Å². The maximum atomic E-state index is 13.0. The van der Waals surface area contributed by atoms with E-state index >= 15 is 0 Å². The van der Waals surface area contributed by atoms with E-state index in [-0.39, 0.29) is 5.56 Å². The maximum Gasteiger partial charge on any atom is 0.435 e. The zero-order valence-electron chi connectivity index (χ0n) is 15.6. The van der Waals surface area contributed by atoms with E-state index in [2.05, 4.69) is 16.9 Å². The number of carbonyl (C=O) groups is 1. The fraction of sp³-hybridized carbons (Fsp3) is 0.421. The van der Waals surface area contributed by atoms with Gasteiger partial charge in [0.2, 0.25) is 0 Å². The van der Waals surface area contributed by atoms with Crippen LogP contribution in [0.25, 0.3) is 0 Å². The van der Waals surface area contributed by atoms with Crippen LogP contribution in [0.1, 0.15) is 59.9 Å². The van der Waals surface area contributed by atoms with Crippen LogP contribution in [0.2, 0.25) is 5.02 Å². The Morgan fingerprint density at radius 1 is 1.14 bits per heavy atom. The van der Waals surface area contributed by atoms with Gasteiger partial charge in [-0.05, 0) is 36.3 Å². The van der Waals surface area contributed by atoms with Crippen LogP contribution in [0.15, 0.2) is 30.6 Å². The highest BCUT2D eigenvalue weighted by Gasteiger charge is 2.37. The topological polar surface area (TPSA) is 42.9 Å². The molecule has 0 amide bonds. The molecular formula is C19H19ClF5N2OP. The Morgan fingerprint density at radius 2 is 1.76 bits per heavy atom. The number of hydrogen-bond donors (Lipinski definition) is 0. The molecule has 0 bridgehead atoms. The number of alkyl halides is 5. The number of halogens is 6. The van der Waals surface area contributed by atoms with Crippen molar-refractivity contribution in [3.63, 3.8) is 0 Å². The van der Waals surface area contributed by atoms with Gasteiger partial charge in [-0.3, -0.25) is 4.79 Å². The molecular weight excluding hydrogens is 434 g/mol. The molecule has 0 saturated heterocycles. The minimum Gasteiger partial charge on any atom is -0.293 e. The Kier molecular flexibility index (Phi) is 7.33. The lowest BCUT2D eigenvalue weighted by molar-refractivity contribution is -0.141. The summed E-state index contributed by atoms with van der Waals surface area (Å²) >= 11 is 6.07. The Labute approximate surface area is 172 Å². The normalized spacial score (nSPS) is 19.1. The van der Waals surface area contributed by atoms with E-state index in [1.807, 2.05) is 0 Å². The number of ketones is 1. The third-order valence-corrected chi connectivity index (χ3v) is 5.37. The summed E-state index contributed by atoms with van der Waals surface area (Å²) in [5.74, 6) is 0.306. The van der Waals surface area contributed by atoms with E-state index in [9.17, 15) is 26.7 Å². The molecule has 158 valence electrons. The van der Waals surface area contributed by atoms with Crippen molar-refractivity contribution in [1.29, 1.82) is 0 Å². The number of aromatic nitrogens is 2. The highest BCUT2D eigenvalue weighted by molar-refractivity contribution is 7.17. The van der Waals surface area contributed by atoms with Crippen LogP contribution in [-0.4, -0.2) is 15.8 Å². The average molecular weight is 453 g/mol. The Morgan fingerprint density at radius 3 is 2.14 bits per heavy atom. The molecule has 0 N–H and O–H groups in total. The molecule has 3 nitrogen and oxygen atoms in total. The minimum absolute atomic E-state index is 0.0433. The highest BCUT2D eigenvalue weighted by Crippen LogP contribution is 2.46. The third-order valence-electron chi connectivity index (χ3n) is 4.70. The quantitative estimate of drug-likeness (QED) is 0.304. The number of carbonyl (C=O) groups excluding carboxylic acids is 1. The molecule has 1 unspecified atom stereocenters. The molecule has 0 radical (unpaired) electrons. The van der Waals surface area contributed by atoms with Gasteiger partial charge in [-0.1, -0.05) is 39.9 Å². The lowest BCUT2D eigenvalue weighted by Crippen LogP contribution is -2.21. The van der Waals surface area contributed by atoms with Gasteiger partial charge in [0.1, 0.15) is 5.69 Å². The van der Waals surface area contributed by atoms with Crippen molar-refractivity contribution in [3.8, 4) is 0 Å². The fourth-order valence-corrected chi connectivity index (χ4v) is 3.47. The van der Waals surface area contributed by atoms with Crippen LogP contribution in [0.5, 0.6) is 0 Å². The second-order valence-corrected chi connectivity index (χ2v) is 7.96. The zero-order chi connectivity index (χ0) is 22.0. The molecule has 1 aromatic heterocycles. The lowest BCUT2D eigenvalue weighted by atomic mass is 9.71. The number of benzene rings is 1. The van der Waals surface area contributed by atoms with Gasteiger partial charge in [-0.15, -0.1) is 0 Å². The van der Waals surface area contributed by atoms with E-state index < -0.39 is 29.0 Å². The largest absolute Gasteiger partial charge is 0.435 e. The molecule has 1 saturated carbocycles. The van der Waals surface area contributed by atoms with Crippen LogP contribution < -0.4 is 0 Å². The van der Waals surface area contributed by atoms with Gasteiger partial charge in [0.15, 0.2) is 11.5 Å². The molecule has 1 aromatic carbocycles. The van der Waals surface area contributed by atoms with Gasteiger partial charge in [0, 0.05) is 29.9 Å². The van der Waals surface area contributed by atoms with Crippen LogP contribution in [0.3, 0.4) is 0 Å². The molecule has 1 aliphatic rings. The van der Waals surface area contributed by atoms with E-state index in [0.29, 0.717) is 16.9 Å². The molecule has 29 heavy (non-hydrogen) atoms. The summed E-state index contributed by atoms with van der Waals surface area (Å²) in [6, 6.07) is 4.60. The molecule has 0 spiro atoms. The van der Waals surface area contributed by atoms with Gasteiger partial charge in [-0.25, -0.2) is 9.97 Å². The van der Waals surface area contributed by atoms with Gasteiger partial charge in [0.25, 0.3) is 5.66 Å². The van der Waals surface area contributed by atoms with Crippen molar-refractivity contribution < 1.29 is 26.7 Å². The van der Waals surface area contributed by atoms with Crippen molar-refractivity contribution in [3.05, 3.63) is 58.1 Å². The van der Waals surface area contributed by atoms with E-state index in [1.54, 1.807) is 6.07 Å². The van der Waals surface area contributed by atoms with Gasteiger partial charge in [0.05, 0.1) is 0 Å². The molecule has 1 aliphatic carbocycles. The average Bonchev–Trinajstić information content (AvgIpc) is 2.61. The fourth-order valence-electron chi connectivity index (χ4n) is 2.97. The molecule has 3 atom stereocenters. The maximum absolute atomic E-state index is 13.0. The first-order valence-electron chi connectivity index (χ1n) is 8.68. The van der Waals surface area contributed by atoms with Crippen LogP contribution in [-0.2, 0) is 11.8 Å². The summed E-state index contributed by atoms with van der Waals surface area (Å²) in [7, 11) is 1.53. The number of Topliss-reactive ketones (excluding diaryl/α,β-unsaturated/α-hetero) is 1. The lowest BCUT2D eigenvalue weighted by Gasteiger charge is -2.35. The Bertz CT molecular complexity index is 886. The van der Waals surface area contributed by atoms with Crippen molar-refractivity contribution in [2.45, 2.75) is 44.4 Å². The summed E-state index contributed by atoms with van der Waals surface area (Å²) in [6.45, 7) is 3.18. The van der Waals surface area contributed by atoms with Crippen molar-refractivity contribution in [1.82, 2.24) is 9.97 Å². The summed E-state index contributed by atoms with van der Waals surface area (Å²) in [4.78, 5) is 17.1. The molecule has 10 heteroatoms. The number of hydrogen-bond acceptors (Lipinski definition) is 3. The Hall–Kier alpha value is -1.66. The third kappa shape index (κ3) is 5.92. The van der Waals surface area contributed by atoms with E-state index in [1.165, 1.54) is 27.8 Å². The zero-order valence-corrected chi connectivity index (χ0v) is 17.5. The van der Waals surface area contributed by atoms with Crippen LogP contribution in [0, 0.1) is 5.92 Å². The monoisotopic (exact) mass is 452 g/mol. The Balaban J connectivity index is 0.000000212. The first-order valence-corrected chi connectivity index (χ1v) is 9.63. The predicted octanol–water partition coefficient (Wildman–Crippen LogP) is 6.48. The number of rotatable bonds is 3. The predicted molar refractivity (Wildman–Crippen MR) is 103 cm³/mol. The SMILES string of the molecule is CC(=O)c1nccnc1C(F)(F)F.C[C@@H]1CC[C@@H]1c1ccc(C(F)(F)P)cc1Cl. The first-order chi connectivity index (χ1) is 13.3.